The molecule has 1 rings (SSSR count). The van der Waals surface area contributed by atoms with Gasteiger partial charge >= 0.3 is 0 Å². The lowest BCUT2D eigenvalue weighted by molar-refractivity contribution is 0.199. The van der Waals surface area contributed by atoms with Crippen LogP contribution in [0.15, 0.2) is 18.3 Å². The molecule has 0 radical (unpaired) electrons. The molecule has 0 saturated heterocycles. The van der Waals surface area contributed by atoms with E-state index in [-0.39, 0.29) is 0 Å². The minimum Gasteiger partial charge on any atom is -0.389 e. The van der Waals surface area contributed by atoms with Gasteiger partial charge in [0.25, 0.3) is 0 Å². The third-order valence-electron chi connectivity index (χ3n) is 2.73. The molecule has 1 N–H and O–H groups in total. The molecule has 17 heavy (non-hydrogen) atoms. The van der Waals surface area contributed by atoms with Crippen molar-refractivity contribution >= 4 is 5.82 Å². The number of nitrogens with zero attached hydrogens (tertiary/aromatic N) is 3. The van der Waals surface area contributed by atoms with Gasteiger partial charge in [-0.2, -0.15) is 0 Å². The Hall–Kier alpha value is -1.13. The van der Waals surface area contributed by atoms with Crippen LogP contribution in [0.1, 0.15) is 25.0 Å². The lowest BCUT2D eigenvalue weighted by atomic mass is 10.1. The van der Waals surface area contributed by atoms with Gasteiger partial charge in [-0.15, -0.1) is 0 Å². The fraction of sp³-hybridized carbons (Fsp3) is 0.615. The Balaban J connectivity index is 2.65. The molecule has 0 aliphatic carbocycles. The number of aliphatic hydroxyl groups is 1. The van der Waals surface area contributed by atoms with E-state index < -0.39 is 6.10 Å². The summed E-state index contributed by atoms with van der Waals surface area (Å²) in [6, 6.07) is 3.79. The zero-order valence-corrected chi connectivity index (χ0v) is 11.2. The Morgan fingerprint density at radius 1 is 1.29 bits per heavy atom. The molecule has 0 aromatic carbocycles. The highest BCUT2D eigenvalue weighted by atomic mass is 16.3. The van der Waals surface area contributed by atoms with E-state index in [0.29, 0.717) is 0 Å². The smallest absolute Gasteiger partial charge is 0.134 e. The van der Waals surface area contributed by atoms with Gasteiger partial charge in [0.15, 0.2) is 0 Å². The zero-order valence-electron chi connectivity index (χ0n) is 11.2. The average molecular weight is 237 g/mol. The maximum absolute atomic E-state index is 9.69. The molecule has 0 amide bonds. The van der Waals surface area contributed by atoms with Gasteiger partial charge in [-0.05, 0) is 40.1 Å². The van der Waals surface area contributed by atoms with Crippen molar-refractivity contribution in [2.75, 3.05) is 39.1 Å². The highest BCUT2D eigenvalue weighted by Crippen LogP contribution is 2.22. The number of anilines is 1. The van der Waals surface area contributed by atoms with E-state index in [0.717, 1.165) is 30.9 Å². The first-order chi connectivity index (χ1) is 8.02. The van der Waals surface area contributed by atoms with Crippen LogP contribution >= 0.6 is 0 Å². The minimum atomic E-state index is -0.477. The number of hydrogen-bond donors (Lipinski definition) is 1. The van der Waals surface area contributed by atoms with Gasteiger partial charge in [-0.3, -0.25) is 0 Å². The molecule has 1 aromatic heterocycles. The standard InChI is InChI=1S/C13H23N3O/c1-11(17)12-7-5-8-14-13(12)16(4)10-6-9-15(2)3/h5,7-8,11,17H,6,9-10H2,1-4H3/t11-/m0/s1. The third-order valence-corrected chi connectivity index (χ3v) is 2.73. The molecule has 96 valence electrons. The molecule has 1 aromatic rings. The maximum atomic E-state index is 9.69. The molecule has 0 unspecified atom stereocenters. The molecule has 0 aliphatic rings. The van der Waals surface area contributed by atoms with E-state index in [9.17, 15) is 5.11 Å². The zero-order chi connectivity index (χ0) is 12.8. The Labute approximate surface area is 104 Å². The molecule has 4 nitrogen and oxygen atoms in total. The van der Waals surface area contributed by atoms with Crippen molar-refractivity contribution in [3.8, 4) is 0 Å². The summed E-state index contributed by atoms with van der Waals surface area (Å²) in [6.45, 7) is 3.77. The van der Waals surface area contributed by atoms with Crippen LogP contribution in [0.3, 0.4) is 0 Å². The Kier molecular flexibility index (Phi) is 5.38. The van der Waals surface area contributed by atoms with Crippen LogP contribution in [0.4, 0.5) is 5.82 Å². The van der Waals surface area contributed by atoms with Crippen molar-refractivity contribution in [2.24, 2.45) is 0 Å². The van der Waals surface area contributed by atoms with E-state index >= 15 is 0 Å². The second kappa shape index (κ2) is 6.57. The number of aromatic nitrogens is 1. The van der Waals surface area contributed by atoms with Crippen molar-refractivity contribution in [3.05, 3.63) is 23.9 Å². The first kappa shape index (κ1) is 13.9. The van der Waals surface area contributed by atoms with Crippen molar-refractivity contribution in [1.82, 2.24) is 9.88 Å². The molecule has 4 heteroatoms. The second-order valence-electron chi connectivity index (χ2n) is 4.67. The quantitative estimate of drug-likeness (QED) is 0.814. The van der Waals surface area contributed by atoms with Crippen LogP contribution < -0.4 is 4.90 Å². The first-order valence-electron chi connectivity index (χ1n) is 6.01. The van der Waals surface area contributed by atoms with Gasteiger partial charge in [0, 0.05) is 25.4 Å². The van der Waals surface area contributed by atoms with Crippen LogP contribution in [0.25, 0.3) is 0 Å². The average Bonchev–Trinajstić information content (AvgIpc) is 2.28. The Morgan fingerprint density at radius 3 is 2.59 bits per heavy atom. The van der Waals surface area contributed by atoms with Crippen molar-refractivity contribution < 1.29 is 5.11 Å². The summed E-state index contributed by atoms with van der Waals surface area (Å²) in [7, 11) is 6.16. The van der Waals surface area contributed by atoms with Gasteiger partial charge in [0.2, 0.25) is 0 Å². The van der Waals surface area contributed by atoms with Gasteiger partial charge < -0.3 is 14.9 Å². The van der Waals surface area contributed by atoms with Crippen LogP contribution in [0, 0.1) is 0 Å². The fourth-order valence-electron chi connectivity index (χ4n) is 1.78. The lowest BCUT2D eigenvalue weighted by Crippen LogP contribution is -2.25. The molecular formula is C13H23N3O. The van der Waals surface area contributed by atoms with Gasteiger partial charge in [0.1, 0.15) is 5.82 Å². The summed E-state index contributed by atoms with van der Waals surface area (Å²) in [5, 5.41) is 9.69. The molecule has 1 heterocycles. The molecule has 0 bridgehead atoms. The molecular weight excluding hydrogens is 214 g/mol. The van der Waals surface area contributed by atoms with Crippen LogP contribution in [-0.2, 0) is 0 Å². The number of hydrogen-bond acceptors (Lipinski definition) is 4. The SMILES string of the molecule is C[C@H](O)c1cccnc1N(C)CCCN(C)C. The van der Waals surface area contributed by atoms with Gasteiger partial charge in [-0.1, -0.05) is 6.07 Å². The Morgan fingerprint density at radius 2 is 2.00 bits per heavy atom. The van der Waals surface area contributed by atoms with Crippen molar-refractivity contribution in [2.45, 2.75) is 19.4 Å². The predicted molar refractivity (Wildman–Crippen MR) is 71.3 cm³/mol. The monoisotopic (exact) mass is 237 g/mol. The first-order valence-corrected chi connectivity index (χ1v) is 6.01. The van der Waals surface area contributed by atoms with E-state index in [4.69, 9.17) is 0 Å². The summed E-state index contributed by atoms with van der Waals surface area (Å²) in [6.07, 6.45) is 2.37. The summed E-state index contributed by atoms with van der Waals surface area (Å²) in [5.41, 5.74) is 0.889. The van der Waals surface area contributed by atoms with Crippen LogP contribution in [0.2, 0.25) is 0 Å². The van der Waals surface area contributed by atoms with Crippen LogP contribution in [0.5, 0.6) is 0 Å². The van der Waals surface area contributed by atoms with Crippen LogP contribution in [-0.4, -0.2) is 49.2 Å². The molecule has 0 fully saturated rings. The number of pyridine rings is 1. The minimum absolute atomic E-state index is 0.477. The Bertz CT molecular complexity index is 339. The summed E-state index contributed by atoms with van der Waals surface area (Å²) >= 11 is 0. The summed E-state index contributed by atoms with van der Waals surface area (Å²) < 4.78 is 0. The number of aliphatic hydroxyl groups excluding tert-OH is 1. The lowest BCUT2D eigenvalue weighted by Gasteiger charge is -2.22. The third kappa shape index (κ3) is 4.32. The second-order valence-corrected chi connectivity index (χ2v) is 4.67. The topological polar surface area (TPSA) is 39.6 Å². The van der Waals surface area contributed by atoms with Gasteiger partial charge in [-0.25, -0.2) is 4.98 Å². The molecule has 1 atom stereocenters. The fourth-order valence-corrected chi connectivity index (χ4v) is 1.78. The normalized spacial score (nSPS) is 12.8. The maximum Gasteiger partial charge on any atom is 0.134 e. The van der Waals surface area contributed by atoms with E-state index in [1.54, 1.807) is 13.1 Å². The van der Waals surface area contributed by atoms with Crippen molar-refractivity contribution in [1.29, 1.82) is 0 Å². The molecule has 0 saturated carbocycles. The predicted octanol–water partition coefficient (Wildman–Crippen LogP) is 1.52. The largest absolute Gasteiger partial charge is 0.389 e. The molecule has 0 spiro atoms. The summed E-state index contributed by atoms with van der Waals surface area (Å²) in [4.78, 5) is 8.62. The highest BCUT2D eigenvalue weighted by Gasteiger charge is 2.12. The number of rotatable bonds is 6. The van der Waals surface area contributed by atoms with Crippen molar-refractivity contribution in [3.63, 3.8) is 0 Å². The molecule has 0 aliphatic heterocycles. The highest BCUT2D eigenvalue weighted by molar-refractivity contribution is 5.46. The van der Waals surface area contributed by atoms with Gasteiger partial charge in [0.05, 0.1) is 6.10 Å². The van der Waals surface area contributed by atoms with E-state index in [2.05, 4.69) is 28.9 Å². The van der Waals surface area contributed by atoms with E-state index in [1.165, 1.54) is 0 Å². The summed E-state index contributed by atoms with van der Waals surface area (Å²) in [5.74, 6) is 0.876. The van der Waals surface area contributed by atoms with E-state index in [1.807, 2.05) is 19.2 Å².